The number of alkyl halides is 5. The number of hydrogen-bond acceptors (Lipinski definition) is 2. The van der Waals surface area contributed by atoms with Gasteiger partial charge in [-0.2, -0.15) is 22.0 Å². The summed E-state index contributed by atoms with van der Waals surface area (Å²) in [5, 5.41) is 8.58. The molecular weight excluding hydrogens is 275 g/mol. The summed E-state index contributed by atoms with van der Waals surface area (Å²) in [6.45, 7) is -0.834. The minimum absolute atomic E-state index is 0.0166. The second-order valence-electron chi connectivity index (χ2n) is 3.63. The van der Waals surface area contributed by atoms with Gasteiger partial charge in [-0.1, -0.05) is 0 Å². The molecule has 0 radical (unpaired) electrons. The van der Waals surface area contributed by atoms with Crippen LogP contribution in [0, 0.1) is 0 Å². The number of halogens is 5. The smallest absolute Gasteiger partial charge is 0.453 e. The summed E-state index contributed by atoms with van der Waals surface area (Å²) in [6.07, 6.45) is -7.11. The van der Waals surface area contributed by atoms with E-state index in [-0.39, 0.29) is 11.3 Å². The first-order valence-electron chi connectivity index (χ1n) is 5.04. The molecule has 1 aromatic rings. The van der Waals surface area contributed by atoms with Crippen molar-refractivity contribution in [2.75, 3.05) is 6.61 Å². The summed E-state index contributed by atoms with van der Waals surface area (Å²) in [6, 6.07) is 4.66. The fourth-order valence-corrected chi connectivity index (χ4v) is 1.13. The van der Waals surface area contributed by atoms with Crippen LogP contribution in [-0.2, 0) is 0 Å². The summed E-state index contributed by atoms with van der Waals surface area (Å²) in [5.41, 5.74) is -0.0482. The summed E-state index contributed by atoms with van der Waals surface area (Å²) in [7, 11) is 0. The van der Waals surface area contributed by atoms with Crippen molar-refractivity contribution in [2.24, 2.45) is 0 Å². The van der Waals surface area contributed by atoms with Crippen LogP contribution in [0.5, 0.6) is 5.75 Å². The van der Waals surface area contributed by atoms with E-state index >= 15 is 0 Å². The Balaban J connectivity index is 2.52. The van der Waals surface area contributed by atoms with Crippen LogP contribution in [0.15, 0.2) is 24.3 Å². The molecule has 0 unspecified atom stereocenters. The van der Waals surface area contributed by atoms with Crippen LogP contribution < -0.4 is 4.74 Å². The Kier molecular flexibility index (Phi) is 4.33. The van der Waals surface area contributed by atoms with Crippen LogP contribution in [0.2, 0.25) is 0 Å². The van der Waals surface area contributed by atoms with Crippen LogP contribution in [-0.4, -0.2) is 29.8 Å². The van der Waals surface area contributed by atoms with Gasteiger partial charge in [0.15, 0.2) is 0 Å². The normalized spacial score (nSPS) is 12.3. The Hall–Kier alpha value is -1.86. The van der Waals surface area contributed by atoms with E-state index in [1.807, 2.05) is 0 Å². The SMILES string of the molecule is O=C(O)c1ccc(OCCC(F)(F)C(F)(F)F)cc1. The van der Waals surface area contributed by atoms with Crippen molar-refractivity contribution in [3.05, 3.63) is 29.8 Å². The molecule has 0 saturated carbocycles. The Bertz CT molecular complexity index is 439. The third-order valence-corrected chi connectivity index (χ3v) is 2.20. The van der Waals surface area contributed by atoms with Gasteiger partial charge in [0.05, 0.1) is 18.6 Å². The molecule has 0 atom stereocenters. The van der Waals surface area contributed by atoms with Crippen molar-refractivity contribution >= 4 is 5.97 Å². The largest absolute Gasteiger partial charge is 0.493 e. The first-order chi connectivity index (χ1) is 8.63. The molecule has 106 valence electrons. The molecule has 0 aliphatic heterocycles. The molecular formula is C11H9F5O3. The van der Waals surface area contributed by atoms with Gasteiger partial charge in [-0.05, 0) is 24.3 Å². The van der Waals surface area contributed by atoms with E-state index in [9.17, 15) is 26.7 Å². The van der Waals surface area contributed by atoms with E-state index in [2.05, 4.69) is 0 Å². The zero-order chi connectivity index (χ0) is 14.7. The number of aromatic carboxylic acids is 1. The molecule has 1 N–H and O–H groups in total. The molecule has 8 heteroatoms. The number of rotatable bonds is 5. The first kappa shape index (κ1) is 15.2. The third kappa shape index (κ3) is 4.08. The second kappa shape index (κ2) is 5.41. The maximum atomic E-state index is 12.5. The van der Waals surface area contributed by atoms with E-state index < -0.39 is 31.1 Å². The molecule has 0 aliphatic carbocycles. The summed E-state index contributed by atoms with van der Waals surface area (Å²) < 4.78 is 65.2. The van der Waals surface area contributed by atoms with Crippen molar-refractivity contribution < 1.29 is 36.6 Å². The second-order valence-corrected chi connectivity index (χ2v) is 3.63. The first-order valence-corrected chi connectivity index (χ1v) is 5.04. The van der Waals surface area contributed by atoms with E-state index in [4.69, 9.17) is 9.84 Å². The predicted molar refractivity (Wildman–Crippen MR) is 54.5 cm³/mol. The Labute approximate surface area is 104 Å². The molecule has 0 fully saturated rings. The number of carboxylic acid groups (broad SMARTS) is 1. The van der Waals surface area contributed by atoms with Gasteiger partial charge < -0.3 is 9.84 Å². The van der Waals surface area contributed by atoms with Crippen LogP contribution in [0.25, 0.3) is 0 Å². The average Bonchev–Trinajstić information content (AvgIpc) is 2.28. The molecule has 3 nitrogen and oxygen atoms in total. The molecule has 1 rings (SSSR count). The minimum Gasteiger partial charge on any atom is -0.493 e. The monoisotopic (exact) mass is 284 g/mol. The zero-order valence-corrected chi connectivity index (χ0v) is 9.38. The fourth-order valence-electron chi connectivity index (χ4n) is 1.13. The van der Waals surface area contributed by atoms with Gasteiger partial charge in [-0.3, -0.25) is 0 Å². The third-order valence-electron chi connectivity index (χ3n) is 2.20. The lowest BCUT2D eigenvalue weighted by Crippen LogP contribution is -2.37. The molecule has 0 aliphatic rings. The molecule has 0 bridgehead atoms. The van der Waals surface area contributed by atoms with Gasteiger partial charge in [0.1, 0.15) is 5.75 Å². The summed E-state index contributed by atoms with van der Waals surface area (Å²) in [5.74, 6) is -5.98. The van der Waals surface area contributed by atoms with E-state index in [1.165, 1.54) is 12.1 Å². The molecule has 0 amide bonds. The standard InChI is InChI=1S/C11H9F5O3/c12-10(13,11(14,15)16)5-6-19-8-3-1-7(2-4-8)9(17)18/h1-4H,5-6H2,(H,17,18). The molecule has 0 heterocycles. The highest BCUT2D eigenvalue weighted by atomic mass is 19.4. The number of benzene rings is 1. The number of carbonyl (C=O) groups is 1. The van der Waals surface area contributed by atoms with Gasteiger partial charge >= 0.3 is 18.1 Å². The quantitative estimate of drug-likeness (QED) is 0.843. The number of carboxylic acids is 1. The topological polar surface area (TPSA) is 46.5 Å². The van der Waals surface area contributed by atoms with Gasteiger partial charge in [-0.15, -0.1) is 0 Å². The Morgan fingerprint density at radius 3 is 2.05 bits per heavy atom. The van der Waals surface area contributed by atoms with Crippen molar-refractivity contribution in [2.45, 2.75) is 18.5 Å². The molecule has 0 aromatic heterocycles. The van der Waals surface area contributed by atoms with E-state index in [0.29, 0.717) is 0 Å². The van der Waals surface area contributed by atoms with Crippen molar-refractivity contribution in [3.8, 4) is 5.75 Å². The van der Waals surface area contributed by atoms with E-state index in [0.717, 1.165) is 12.1 Å². The summed E-state index contributed by atoms with van der Waals surface area (Å²) >= 11 is 0. The van der Waals surface area contributed by atoms with Crippen LogP contribution in [0.1, 0.15) is 16.8 Å². The lowest BCUT2D eigenvalue weighted by molar-refractivity contribution is -0.285. The molecule has 0 saturated heterocycles. The Morgan fingerprint density at radius 1 is 1.11 bits per heavy atom. The highest BCUT2D eigenvalue weighted by molar-refractivity contribution is 5.87. The van der Waals surface area contributed by atoms with Crippen molar-refractivity contribution in [1.82, 2.24) is 0 Å². The van der Waals surface area contributed by atoms with Gasteiger partial charge in [0, 0.05) is 0 Å². The van der Waals surface area contributed by atoms with Crippen LogP contribution in [0.3, 0.4) is 0 Å². The van der Waals surface area contributed by atoms with Crippen LogP contribution in [0.4, 0.5) is 22.0 Å². The molecule has 1 aromatic carbocycles. The van der Waals surface area contributed by atoms with E-state index in [1.54, 1.807) is 0 Å². The lowest BCUT2D eigenvalue weighted by atomic mass is 10.2. The van der Waals surface area contributed by atoms with Gasteiger partial charge in [0.25, 0.3) is 0 Å². The summed E-state index contributed by atoms with van der Waals surface area (Å²) in [4.78, 5) is 10.5. The maximum Gasteiger partial charge on any atom is 0.453 e. The minimum atomic E-state index is -5.61. The van der Waals surface area contributed by atoms with Crippen molar-refractivity contribution in [3.63, 3.8) is 0 Å². The van der Waals surface area contributed by atoms with Gasteiger partial charge in [-0.25, -0.2) is 4.79 Å². The average molecular weight is 284 g/mol. The molecule has 0 spiro atoms. The lowest BCUT2D eigenvalue weighted by Gasteiger charge is -2.19. The van der Waals surface area contributed by atoms with Crippen LogP contribution >= 0.6 is 0 Å². The fraction of sp³-hybridized carbons (Fsp3) is 0.364. The number of ether oxygens (including phenoxy) is 1. The zero-order valence-electron chi connectivity index (χ0n) is 9.38. The highest BCUT2D eigenvalue weighted by Gasteiger charge is 2.56. The predicted octanol–water partition coefficient (Wildman–Crippen LogP) is 3.35. The maximum absolute atomic E-state index is 12.5. The van der Waals surface area contributed by atoms with Gasteiger partial charge in [0.2, 0.25) is 0 Å². The van der Waals surface area contributed by atoms with Crippen molar-refractivity contribution in [1.29, 1.82) is 0 Å². The highest BCUT2D eigenvalue weighted by Crippen LogP contribution is 2.37. The molecule has 19 heavy (non-hydrogen) atoms. The number of hydrogen-bond donors (Lipinski definition) is 1. The Morgan fingerprint density at radius 2 is 1.63 bits per heavy atom.